The zero-order valence-electron chi connectivity index (χ0n) is 14.6. The van der Waals surface area contributed by atoms with Gasteiger partial charge in [-0.25, -0.2) is 10.4 Å². The Morgan fingerprint density at radius 3 is 2.52 bits per heavy atom. The van der Waals surface area contributed by atoms with E-state index in [0.29, 0.717) is 23.4 Å². The van der Waals surface area contributed by atoms with E-state index in [2.05, 4.69) is 22.4 Å². The van der Waals surface area contributed by atoms with Gasteiger partial charge in [-0.15, -0.1) is 0 Å². The average Bonchev–Trinajstić information content (AvgIpc) is 2.66. The molecule has 0 aliphatic carbocycles. The summed E-state index contributed by atoms with van der Waals surface area (Å²) >= 11 is 0. The molecule has 1 aromatic heterocycles. The summed E-state index contributed by atoms with van der Waals surface area (Å²) in [4.78, 5) is 17.2. The largest absolute Gasteiger partial charge is 0.277 e. The standard InChI is InChI=1S/C20H22N4O/c1-3-10-17(15-11-6-5-7-12-15)22-23-20-21-18-14-9-8-13-16(18)19(25)24(20)4-2/h5-9,11-14H,3-4,10H2,1-2H3,(H,21,23)/b22-17-. The number of anilines is 1. The van der Waals surface area contributed by atoms with Gasteiger partial charge in [0, 0.05) is 6.54 Å². The van der Waals surface area contributed by atoms with Gasteiger partial charge in [-0.3, -0.25) is 9.36 Å². The molecule has 0 atom stereocenters. The summed E-state index contributed by atoms with van der Waals surface area (Å²) < 4.78 is 1.61. The molecule has 3 aromatic rings. The van der Waals surface area contributed by atoms with Crippen molar-refractivity contribution in [2.75, 3.05) is 5.43 Å². The minimum Gasteiger partial charge on any atom is -0.277 e. The van der Waals surface area contributed by atoms with Crippen LogP contribution >= 0.6 is 0 Å². The average molecular weight is 334 g/mol. The molecule has 2 aromatic carbocycles. The lowest BCUT2D eigenvalue weighted by atomic mass is 10.1. The van der Waals surface area contributed by atoms with Gasteiger partial charge in [-0.05, 0) is 31.0 Å². The lowest BCUT2D eigenvalue weighted by molar-refractivity contribution is 0.724. The Balaban J connectivity index is 2.02. The molecule has 5 nitrogen and oxygen atoms in total. The molecule has 0 spiro atoms. The van der Waals surface area contributed by atoms with E-state index in [9.17, 15) is 4.79 Å². The molecular formula is C20H22N4O. The topological polar surface area (TPSA) is 59.3 Å². The fourth-order valence-electron chi connectivity index (χ4n) is 2.80. The smallest absolute Gasteiger partial charge is 0.262 e. The van der Waals surface area contributed by atoms with Crippen molar-refractivity contribution in [3.8, 4) is 0 Å². The van der Waals surface area contributed by atoms with Gasteiger partial charge >= 0.3 is 0 Å². The van der Waals surface area contributed by atoms with Crippen LogP contribution in [-0.2, 0) is 6.54 Å². The van der Waals surface area contributed by atoms with Crippen molar-refractivity contribution in [2.24, 2.45) is 5.10 Å². The highest BCUT2D eigenvalue weighted by molar-refractivity contribution is 6.00. The van der Waals surface area contributed by atoms with E-state index < -0.39 is 0 Å². The van der Waals surface area contributed by atoms with Crippen LogP contribution in [-0.4, -0.2) is 15.3 Å². The molecule has 0 aliphatic rings. The first-order chi connectivity index (χ1) is 12.2. The number of hydrogen-bond acceptors (Lipinski definition) is 4. The maximum absolute atomic E-state index is 12.7. The van der Waals surface area contributed by atoms with Crippen molar-refractivity contribution in [3.63, 3.8) is 0 Å². The first-order valence-corrected chi connectivity index (χ1v) is 8.62. The van der Waals surface area contributed by atoms with Gasteiger partial charge in [0.25, 0.3) is 5.56 Å². The monoisotopic (exact) mass is 334 g/mol. The molecular weight excluding hydrogens is 312 g/mol. The van der Waals surface area contributed by atoms with Gasteiger partial charge in [0.2, 0.25) is 5.95 Å². The number of nitrogens with one attached hydrogen (secondary N) is 1. The van der Waals surface area contributed by atoms with Crippen molar-refractivity contribution in [2.45, 2.75) is 33.2 Å². The summed E-state index contributed by atoms with van der Waals surface area (Å²) in [6, 6.07) is 17.4. The van der Waals surface area contributed by atoms with Crippen molar-refractivity contribution in [1.82, 2.24) is 9.55 Å². The molecule has 0 radical (unpaired) electrons. The Morgan fingerprint density at radius 2 is 1.80 bits per heavy atom. The molecule has 25 heavy (non-hydrogen) atoms. The zero-order chi connectivity index (χ0) is 17.6. The van der Waals surface area contributed by atoms with Gasteiger partial charge in [0.15, 0.2) is 0 Å². The summed E-state index contributed by atoms with van der Waals surface area (Å²) in [6.45, 7) is 4.58. The fourth-order valence-corrected chi connectivity index (χ4v) is 2.80. The van der Waals surface area contributed by atoms with Crippen LogP contribution in [0.2, 0.25) is 0 Å². The Morgan fingerprint density at radius 1 is 1.08 bits per heavy atom. The van der Waals surface area contributed by atoms with E-state index in [0.717, 1.165) is 24.1 Å². The molecule has 0 fully saturated rings. The summed E-state index contributed by atoms with van der Waals surface area (Å²) in [6.07, 6.45) is 1.84. The van der Waals surface area contributed by atoms with Crippen LogP contribution in [0.1, 0.15) is 32.3 Å². The zero-order valence-corrected chi connectivity index (χ0v) is 14.6. The van der Waals surface area contributed by atoms with Gasteiger partial charge in [-0.1, -0.05) is 55.8 Å². The summed E-state index contributed by atoms with van der Waals surface area (Å²) in [7, 11) is 0. The minimum absolute atomic E-state index is 0.0532. The van der Waals surface area contributed by atoms with Gasteiger partial charge in [-0.2, -0.15) is 5.10 Å². The maximum Gasteiger partial charge on any atom is 0.262 e. The summed E-state index contributed by atoms with van der Waals surface area (Å²) in [5, 5.41) is 5.18. The molecule has 128 valence electrons. The van der Waals surface area contributed by atoms with Crippen molar-refractivity contribution in [3.05, 3.63) is 70.5 Å². The SMILES string of the molecule is CCC/C(=N/Nc1nc2ccccc2c(=O)n1CC)c1ccccc1. The highest BCUT2D eigenvalue weighted by atomic mass is 16.1. The number of aromatic nitrogens is 2. The van der Waals surface area contributed by atoms with Crippen LogP contribution in [0.15, 0.2) is 64.5 Å². The number of para-hydroxylation sites is 1. The second-order valence-electron chi connectivity index (χ2n) is 5.79. The van der Waals surface area contributed by atoms with Crippen LogP contribution in [0.25, 0.3) is 10.9 Å². The molecule has 1 N–H and O–H groups in total. The van der Waals surface area contributed by atoms with E-state index >= 15 is 0 Å². The van der Waals surface area contributed by atoms with Gasteiger partial charge in [0.05, 0.1) is 16.6 Å². The van der Waals surface area contributed by atoms with Crippen molar-refractivity contribution in [1.29, 1.82) is 0 Å². The number of rotatable bonds is 6. The van der Waals surface area contributed by atoms with Crippen LogP contribution in [0, 0.1) is 0 Å². The summed E-state index contributed by atoms with van der Waals surface area (Å²) in [5.41, 5.74) is 5.66. The van der Waals surface area contributed by atoms with Gasteiger partial charge < -0.3 is 0 Å². The molecule has 3 rings (SSSR count). The quantitative estimate of drug-likeness (QED) is 0.547. The molecule has 0 amide bonds. The lowest BCUT2D eigenvalue weighted by Gasteiger charge is -2.12. The third-order valence-corrected chi connectivity index (χ3v) is 4.06. The minimum atomic E-state index is -0.0532. The maximum atomic E-state index is 12.7. The lowest BCUT2D eigenvalue weighted by Crippen LogP contribution is -2.23. The molecule has 1 heterocycles. The predicted octanol–water partition coefficient (Wildman–Crippen LogP) is 4.03. The third kappa shape index (κ3) is 3.60. The normalized spacial score (nSPS) is 11.7. The Hall–Kier alpha value is -2.95. The third-order valence-electron chi connectivity index (χ3n) is 4.06. The van der Waals surface area contributed by atoms with E-state index in [-0.39, 0.29) is 5.56 Å². The van der Waals surface area contributed by atoms with E-state index in [1.807, 2.05) is 55.5 Å². The van der Waals surface area contributed by atoms with Gasteiger partial charge in [0.1, 0.15) is 0 Å². The first-order valence-electron chi connectivity index (χ1n) is 8.62. The first kappa shape index (κ1) is 16.9. The molecule has 5 heteroatoms. The van der Waals surface area contributed by atoms with E-state index in [1.54, 1.807) is 10.6 Å². The Kier molecular flexibility index (Phi) is 5.23. The number of hydrogen-bond donors (Lipinski definition) is 1. The number of nitrogens with zero attached hydrogens (tertiary/aromatic N) is 3. The highest BCUT2D eigenvalue weighted by Crippen LogP contribution is 2.12. The Bertz CT molecular complexity index is 945. The Labute approximate surface area is 147 Å². The van der Waals surface area contributed by atoms with E-state index in [4.69, 9.17) is 0 Å². The van der Waals surface area contributed by atoms with Crippen LogP contribution in [0.5, 0.6) is 0 Å². The second-order valence-corrected chi connectivity index (χ2v) is 5.79. The van der Waals surface area contributed by atoms with Crippen LogP contribution < -0.4 is 11.0 Å². The number of benzene rings is 2. The number of hydrazone groups is 1. The fraction of sp³-hybridized carbons (Fsp3) is 0.250. The highest BCUT2D eigenvalue weighted by Gasteiger charge is 2.09. The molecule has 0 saturated carbocycles. The molecule has 0 unspecified atom stereocenters. The molecule has 0 bridgehead atoms. The van der Waals surface area contributed by atoms with Crippen LogP contribution in [0.4, 0.5) is 5.95 Å². The molecule has 0 aliphatic heterocycles. The van der Waals surface area contributed by atoms with Crippen molar-refractivity contribution < 1.29 is 0 Å². The molecule has 0 saturated heterocycles. The van der Waals surface area contributed by atoms with Crippen LogP contribution in [0.3, 0.4) is 0 Å². The van der Waals surface area contributed by atoms with Crippen molar-refractivity contribution >= 4 is 22.6 Å². The predicted molar refractivity (Wildman–Crippen MR) is 103 cm³/mol. The summed E-state index contributed by atoms with van der Waals surface area (Å²) in [5.74, 6) is 0.468. The number of fused-ring (bicyclic) bond motifs is 1. The van der Waals surface area contributed by atoms with E-state index in [1.165, 1.54) is 0 Å². The second kappa shape index (κ2) is 7.75.